The molecule has 0 aromatic heterocycles. The van der Waals surface area contributed by atoms with E-state index < -0.39 is 0 Å². The van der Waals surface area contributed by atoms with Crippen molar-refractivity contribution in [2.45, 2.75) is 56.4 Å². The maximum atomic E-state index is 6.00. The zero-order valence-corrected chi connectivity index (χ0v) is 10.9. The third kappa shape index (κ3) is 2.89. The van der Waals surface area contributed by atoms with Gasteiger partial charge >= 0.3 is 0 Å². The summed E-state index contributed by atoms with van der Waals surface area (Å²) >= 11 is 2.17. The first-order valence-electron chi connectivity index (χ1n) is 6.23. The predicted molar refractivity (Wildman–Crippen MR) is 68.3 cm³/mol. The minimum absolute atomic E-state index is 0.445. The third-order valence-corrected chi connectivity index (χ3v) is 5.42. The van der Waals surface area contributed by atoms with Crippen LogP contribution in [0.1, 0.15) is 39.5 Å². The van der Waals surface area contributed by atoms with Gasteiger partial charge in [-0.1, -0.05) is 0 Å². The second-order valence-corrected chi connectivity index (χ2v) is 7.19. The van der Waals surface area contributed by atoms with Crippen LogP contribution in [-0.2, 0) is 0 Å². The highest BCUT2D eigenvalue weighted by atomic mass is 32.2. The van der Waals surface area contributed by atoms with Gasteiger partial charge in [-0.05, 0) is 51.8 Å². The van der Waals surface area contributed by atoms with Crippen molar-refractivity contribution >= 4 is 11.8 Å². The van der Waals surface area contributed by atoms with Crippen LogP contribution in [0.4, 0.5) is 0 Å². The molecule has 0 bridgehead atoms. The van der Waals surface area contributed by atoms with Crippen molar-refractivity contribution in [2.24, 2.45) is 5.73 Å². The SMILES string of the molecule is CC1CC(N)CCN1CC1(C)CCCS1. The van der Waals surface area contributed by atoms with Gasteiger partial charge in [0.25, 0.3) is 0 Å². The van der Waals surface area contributed by atoms with Gasteiger partial charge in [-0.25, -0.2) is 0 Å². The first kappa shape index (κ1) is 11.7. The smallest absolute Gasteiger partial charge is 0.0259 e. The fourth-order valence-electron chi connectivity index (χ4n) is 2.88. The largest absolute Gasteiger partial charge is 0.328 e. The summed E-state index contributed by atoms with van der Waals surface area (Å²) in [6.45, 7) is 7.25. The van der Waals surface area contributed by atoms with Crippen molar-refractivity contribution in [1.29, 1.82) is 0 Å². The predicted octanol–water partition coefficient (Wildman–Crippen LogP) is 2.08. The van der Waals surface area contributed by atoms with Crippen LogP contribution in [0.3, 0.4) is 0 Å². The molecule has 15 heavy (non-hydrogen) atoms. The maximum absolute atomic E-state index is 6.00. The van der Waals surface area contributed by atoms with Crippen LogP contribution in [-0.4, -0.2) is 40.6 Å². The molecule has 3 heteroatoms. The molecule has 0 aliphatic carbocycles. The molecule has 2 saturated heterocycles. The van der Waals surface area contributed by atoms with E-state index in [1.54, 1.807) is 0 Å². The zero-order chi connectivity index (χ0) is 10.9. The molecule has 0 spiro atoms. The van der Waals surface area contributed by atoms with Crippen molar-refractivity contribution in [3.8, 4) is 0 Å². The maximum Gasteiger partial charge on any atom is 0.0259 e. The number of rotatable bonds is 2. The minimum atomic E-state index is 0.445. The van der Waals surface area contributed by atoms with Crippen LogP contribution in [0.25, 0.3) is 0 Å². The molecule has 2 aliphatic heterocycles. The lowest BCUT2D eigenvalue weighted by molar-refractivity contribution is 0.135. The van der Waals surface area contributed by atoms with Gasteiger partial charge in [-0.3, -0.25) is 4.90 Å². The van der Waals surface area contributed by atoms with E-state index >= 15 is 0 Å². The van der Waals surface area contributed by atoms with E-state index in [1.807, 2.05) is 0 Å². The number of nitrogens with two attached hydrogens (primary N) is 1. The van der Waals surface area contributed by atoms with Gasteiger partial charge in [0, 0.05) is 23.4 Å². The Balaban J connectivity index is 1.88. The third-order valence-electron chi connectivity index (χ3n) is 3.89. The number of likely N-dealkylation sites (tertiary alicyclic amines) is 1. The lowest BCUT2D eigenvalue weighted by Gasteiger charge is -2.40. The highest BCUT2D eigenvalue weighted by Crippen LogP contribution is 2.39. The van der Waals surface area contributed by atoms with Gasteiger partial charge in [0.2, 0.25) is 0 Å². The van der Waals surface area contributed by atoms with E-state index in [9.17, 15) is 0 Å². The average molecular weight is 228 g/mol. The Morgan fingerprint density at radius 3 is 2.93 bits per heavy atom. The summed E-state index contributed by atoms with van der Waals surface area (Å²) < 4.78 is 0.524. The summed E-state index contributed by atoms with van der Waals surface area (Å²) in [5, 5.41) is 0. The van der Waals surface area contributed by atoms with Crippen LogP contribution in [0.2, 0.25) is 0 Å². The van der Waals surface area contributed by atoms with Crippen molar-refractivity contribution in [1.82, 2.24) is 4.90 Å². The summed E-state index contributed by atoms with van der Waals surface area (Å²) in [5.74, 6) is 1.36. The van der Waals surface area contributed by atoms with Gasteiger partial charge < -0.3 is 5.73 Å². The molecule has 2 fully saturated rings. The van der Waals surface area contributed by atoms with Gasteiger partial charge in [-0.2, -0.15) is 11.8 Å². The number of piperidine rings is 1. The fourth-order valence-corrected chi connectivity index (χ4v) is 4.21. The molecule has 0 saturated carbocycles. The molecular formula is C12H24N2S. The molecule has 0 aromatic rings. The summed E-state index contributed by atoms with van der Waals surface area (Å²) in [5.41, 5.74) is 6.00. The first-order chi connectivity index (χ1) is 7.09. The fraction of sp³-hybridized carbons (Fsp3) is 1.00. The molecule has 0 radical (unpaired) electrons. The number of hydrogen-bond donors (Lipinski definition) is 1. The Kier molecular flexibility index (Phi) is 3.63. The Labute approximate surface area is 98.0 Å². The first-order valence-corrected chi connectivity index (χ1v) is 7.21. The number of nitrogens with zero attached hydrogens (tertiary/aromatic N) is 1. The molecule has 2 N–H and O–H groups in total. The van der Waals surface area contributed by atoms with Crippen LogP contribution in [0.15, 0.2) is 0 Å². The molecule has 88 valence electrons. The van der Waals surface area contributed by atoms with E-state index in [1.165, 1.54) is 44.5 Å². The van der Waals surface area contributed by atoms with Crippen LogP contribution in [0.5, 0.6) is 0 Å². The Hall–Kier alpha value is 0.270. The van der Waals surface area contributed by atoms with Crippen molar-refractivity contribution in [3.63, 3.8) is 0 Å². The Morgan fingerprint density at radius 1 is 1.53 bits per heavy atom. The zero-order valence-electron chi connectivity index (χ0n) is 10.0. The standard InChI is InChI=1S/C12H24N2S/c1-10-8-11(13)4-6-14(10)9-12(2)5-3-7-15-12/h10-11H,3-9,13H2,1-2H3. The molecular weight excluding hydrogens is 204 g/mol. The van der Waals surface area contributed by atoms with Gasteiger partial charge in [0.15, 0.2) is 0 Å². The Bertz CT molecular complexity index is 214. The van der Waals surface area contributed by atoms with Gasteiger partial charge in [0.1, 0.15) is 0 Å². The van der Waals surface area contributed by atoms with E-state index in [2.05, 4.69) is 30.5 Å². The molecule has 0 aromatic carbocycles. The van der Waals surface area contributed by atoms with Crippen molar-refractivity contribution in [2.75, 3.05) is 18.8 Å². The number of thioether (sulfide) groups is 1. The van der Waals surface area contributed by atoms with E-state index in [4.69, 9.17) is 5.73 Å². The van der Waals surface area contributed by atoms with Crippen molar-refractivity contribution < 1.29 is 0 Å². The van der Waals surface area contributed by atoms with Crippen LogP contribution < -0.4 is 5.73 Å². The van der Waals surface area contributed by atoms with Gasteiger partial charge in [-0.15, -0.1) is 0 Å². The van der Waals surface area contributed by atoms with Crippen molar-refractivity contribution in [3.05, 3.63) is 0 Å². The number of hydrogen-bond acceptors (Lipinski definition) is 3. The molecule has 3 atom stereocenters. The average Bonchev–Trinajstić information content (AvgIpc) is 2.58. The molecule has 2 nitrogen and oxygen atoms in total. The Morgan fingerprint density at radius 2 is 2.33 bits per heavy atom. The van der Waals surface area contributed by atoms with E-state index in [-0.39, 0.29) is 0 Å². The highest BCUT2D eigenvalue weighted by molar-refractivity contribution is 8.00. The second-order valence-electron chi connectivity index (χ2n) is 5.51. The summed E-state index contributed by atoms with van der Waals surface area (Å²) in [6, 6.07) is 1.13. The monoisotopic (exact) mass is 228 g/mol. The molecule has 3 unspecified atom stereocenters. The molecule has 2 rings (SSSR count). The lowest BCUT2D eigenvalue weighted by Crippen LogP contribution is -2.49. The quantitative estimate of drug-likeness (QED) is 0.784. The van der Waals surface area contributed by atoms with Crippen LogP contribution >= 0.6 is 11.8 Å². The van der Waals surface area contributed by atoms with Crippen LogP contribution in [0, 0.1) is 0 Å². The molecule has 2 aliphatic rings. The summed E-state index contributed by atoms with van der Waals surface area (Å²) in [6.07, 6.45) is 5.17. The molecule has 0 amide bonds. The topological polar surface area (TPSA) is 29.3 Å². The van der Waals surface area contributed by atoms with Gasteiger partial charge in [0.05, 0.1) is 0 Å². The highest BCUT2D eigenvalue weighted by Gasteiger charge is 2.34. The second kappa shape index (κ2) is 4.64. The summed E-state index contributed by atoms with van der Waals surface area (Å²) in [7, 11) is 0. The normalized spacial score (nSPS) is 43.4. The lowest BCUT2D eigenvalue weighted by atomic mass is 9.96. The molecule has 2 heterocycles. The minimum Gasteiger partial charge on any atom is -0.328 e. The van der Waals surface area contributed by atoms with E-state index in [0.717, 1.165) is 0 Å². The summed E-state index contributed by atoms with van der Waals surface area (Å²) in [4.78, 5) is 2.65. The van der Waals surface area contributed by atoms with E-state index in [0.29, 0.717) is 16.8 Å².